The molecule has 1 atom stereocenters. The quantitative estimate of drug-likeness (QED) is 0.163. The minimum atomic E-state index is -0.870. The SMILES string of the molecule is C=C/C=C(/Oc1ccc(C=O)cc1)C1=C(C)C(Oc2ccc(B(OC)OC(=O)CN(C)CC=O)cc2)CC1. The van der Waals surface area contributed by atoms with Gasteiger partial charge in [0.25, 0.3) is 0 Å². The zero-order chi connectivity index (χ0) is 27.5. The maximum Gasteiger partial charge on any atom is 0.564 e. The first-order valence-corrected chi connectivity index (χ1v) is 12.2. The second kappa shape index (κ2) is 14.1. The van der Waals surface area contributed by atoms with Crippen molar-refractivity contribution >= 4 is 31.1 Å². The fraction of sp³-hybridized carbons (Fsp3) is 0.276. The van der Waals surface area contributed by atoms with Crippen LogP contribution in [0, 0.1) is 0 Å². The van der Waals surface area contributed by atoms with Crippen LogP contribution in [0.15, 0.2) is 84.2 Å². The summed E-state index contributed by atoms with van der Waals surface area (Å²) in [6.07, 6.45) is 6.46. The summed E-state index contributed by atoms with van der Waals surface area (Å²) in [5, 5.41) is 0. The average Bonchev–Trinajstić information content (AvgIpc) is 3.27. The first-order chi connectivity index (χ1) is 18.4. The monoisotopic (exact) mass is 517 g/mol. The van der Waals surface area contributed by atoms with Crippen LogP contribution in [0.2, 0.25) is 0 Å². The third-order valence-electron chi connectivity index (χ3n) is 6.09. The lowest BCUT2D eigenvalue weighted by Gasteiger charge is -2.18. The third kappa shape index (κ3) is 7.78. The van der Waals surface area contributed by atoms with E-state index in [-0.39, 0.29) is 19.2 Å². The van der Waals surface area contributed by atoms with Crippen LogP contribution in [0.25, 0.3) is 0 Å². The van der Waals surface area contributed by atoms with E-state index in [4.69, 9.17) is 18.8 Å². The lowest BCUT2D eigenvalue weighted by atomic mass is 9.79. The number of carbonyl (C=O) groups excluding carboxylic acids is 3. The molecule has 0 saturated heterocycles. The van der Waals surface area contributed by atoms with Crippen LogP contribution in [-0.2, 0) is 18.9 Å². The molecule has 9 heteroatoms. The van der Waals surface area contributed by atoms with Gasteiger partial charge >= 0.3 is 13.1 Å². The molecule has 0 amide bonds. The topological polar surface area (TPSA) is 91.4 Å². The molecule has 0 bridgehead atoms. The Morgan fingerprint density at radius 1 is 1.11 bits per heavy atom. The normalized spacial score (nSPS) is 15.3. The summed E-state index contributed by atoms with van der Waals surface area (Å²) in [6.45, 7) is 5.95. The molecule has 0 radical (unpaired) electrons. The Morgan fingerprint density at radius 2 is 1.79 bits per heavy atom. The molecular weight excluding hydrogens is 485 g/mol. The summed E-state index contributed by atoms with van der Waals surface area (Å²) in [6, 6.07) is 14.1. The number of allylic oxidation sites excluding steroid dienone is 3. The van der Waals surface area contributed by atoms with Gasteiger partial charge in [-0.2, -0.15) is 0 Å². The van der Waals surface area contributed by atoms with Gasteiger partial charge in [0.15, 0.2) is 0 Å². The van der Waals surface area contributed by atoms with E-state index in [1.807, 2.05) is 25.1 Å². The number of benzene rings is 2. The van der Waals surface area contributed by atoms with Crippen molar-refractivity contribution in [1.82, 2.24) is 4.90 Å². The van der Waals surface area contributed by atoms with Crippen LogP contribution in [0.3, 0.4) is 0 Å². The Kier molecular flexibility index (Phi) is 10.6. The highest BCUT2D eigenvalue weighted by Gasteiger charge is 2.28. The number of hydrogen-bond donors (Lipinski definition) is 0. The molecule has 1 aliphatic carbocycles. The molecule has 2 aromatic rings. The lowest BCUT2D eigenvalue weighted by molar-refractivity contribution is -0.136. The van der Waals surface area contributed by atoms with Crippen LogP contribution < -0.4 is 14.9 Å². The van der Waals surface area contributed by atoms with Crippen molar-refractivity contribution in [2.24, 2.45) is 0 Å². The second-order valence-electron chi connectivity index (χ2n) is 8.85. The summed E-state index contributed by atoms with van der Waals surface area (Å²) < 4.78 is 23.1. The van der Waals surface area contributed by atoms with E-state index in [2.05, 4.69) is 6.58 Å². The van der Waals surface area contributed by atoms with Crippen LogP contribution in [0.1, 0.15) is 30.1 Å². The van der Waals surface area contributed by atoms with E-state index >= 15 is 0 Å². The summed E-state index contributed by atoms with van der Waals surface area (Å²) in [4.78, 5) is 35.2. The Bertz CT molecular complexity index is 1190. The molecule has 0 N–H and O–H groups in total. The van der Waals surface area contributed by atoms with Gasteiger partial charge in [-0.3, -0.25) is 14.5 Å². The number of nitrogens with zero attached hydrogens (tertiary/aromatic N) is 1. The van der Waals surface area contributed by atoms with Gasteiger partial charge in [-0.05, 0) is 85.9 Å². The van der Waals surface area contributed by atoms with Crippen molar-refractivity contribution in [1.29, 1.82) is 0 Å². The maximum atomic E-state index is 12.2. The first-order valence-electron chi connectivity index (χ1n) is 12.2. The third-order valence-corrected chi connectivity index (χ3v) is 6.09. The van der Waals surface area contributed by atoms with E-state index in [0.29, 0.717) is 28.3 Å². The first kappa shape index (κ1) is 28.6. The van der Waals surface area contributed by atoms with Crippen molar-refractivity contribution in [2.75, 3.05) is 27.2 Å². The number of ether oxygens (including phenoxy) is 2. The molecule has 1 unspecified atom stereocenters. The second-order valence-corrected chi connectivity index (χ2v) is 8.85. The predicted octanol–water partition coefficient (Wildman–Crippen LogP) is 3.52. The van der Waals surface area contributed by atoms with Gasteiger partial charge in [0, 0.05) is 12.7 Å². The van der Waals surface area contributed by atoms with Gasteiger partial charge in [0.1, 0.15) is 35.9 Å². The van der Waals surface area contributed by atoms with Crippen molar-refractivity contribution in [2.45, 2.75) is 25.9 Å². The summed E-state index contributed by atoms with van der Waals surface area (Å²) in [7, 11) is 2.24. The Balaban J connectivity index is 1.66. The summed E-state index contributed by atoms with van der Waals surface area (Å²) >= 11 is 0. The number of hydrogen-bond acceptors (Lipinski definition) is 8. The van der Waals surface area contributed by atoms with Crippen molar-refractivity contribution in [3.05, 3.63) is 89.7 Å². The van der Waals surface area contributed by atoms with Crippen molar-refractivity contribution in [3.63, 3.8) is 0 Å². The highest BCUT2D eigenvalue weighted by Crippen LogP contribution is 2.35. The lowest BCUT2D eigenvalue weighted by Crippen LogP contribution is -2.40. The van der Waals surface area contributed by atoms with Crippen LogP contribution >= 0.6 is 0 Å². The smallest absolute Gasteiger partial charge is 0.505 e. The van der Waals surface area contributed by atoms with Gasteiger partial charge in [-0.25, -0.2) is 0 Å². The highest BCUT2D eigenvalue weighted by molar-refractivity contribution is 6.62. The molecule has 3 rings (SSSR count). The van der Waals surface area contributed by atoms with Crippen LogP contribution in [0.4, 0.5) is 0 Å². The number of carbonyl (C=O) groups is 3. The predicted molar refractivity (Wildman–Crippen MR) is 146 cm³/mol. The molecule has 0 spiro atoms. The highest BCUT2D eigenvalue weighted by atomic mass is 16.6. The van der Waals surface area contributed by atoms with Crippen LogP contribution in [0.5, 0.6) is 11.5 Å². The Labute approximate surface area is 223 Å². The van der Waals surface area contributed by atoms with Gasteiger partial charge < -0.3 is 23.6 Å². The van der Waals surface area contributed by atoms with E-state index < -0.39 is 13.1 Å². The summed E-state index contributed by atoms with van der Waals surface area (Å²) in [5.74, 6) is 1.51. The van der Waals surface area contributed by atoms with E-state index in [1.165, 1.54) is 7.11 Å². The number of aldehydes is 2. The zero-order valence-corrected chi connectivity index (χ0v) is 21.9. The molecule has 2 aromatic carbocycles. The fourth-order valence-electron chi connectivity index (χ4n) is 4.08. The van der Waals surface area contributed by atoms with Crippen molar-refractivity contribution in [3.8, 4) is 11.5 Å². The standard InChI is InChI=1S/C29H32BNO7/c1-5-6-28(37-24-11-7-22(20-33)8-12-24)26-15-16-27(21(26)2)36-25-13-9-23(10-14-25)30(35-4)38-29(34)19-31(3)17-18-32/h5-14,18,20,27H,1,15-17,19H2,2-4H3/b28-6+. The Hall–Kier alpha value is -3.95. The number of rotatable bonds is 14. The molecule has 0 aromatic heterocycles. The number of likely N-dealkylation sites (N-methyl/N-ethyl adjacent to an activating group) is 1. The Morgan fingerprint density at radius 3 is 2.39 bits per heavy atom. The fourth-order valence-corrected chi connectivity index (χ4v) is 4.08. The zero-order valence-electron chi connectivity index (χ0n) is 21.9. The molecule has 0 heterocycles. The molecule has 8 nitrogen and oxygen atoms in total. The van der Waals surface area contributed by atoms with Crippen molar-refractivity contribution < 1.29 is 33.2 Å². The molecule has 1 aliphatic rings. The molecule has 0 saturated carbocycles. The van der Waals surface area contributed by atoms with E-state index in [1.54, 1.807) is 54.4 Å². The van der Waals surface area contributed by atoms with Gasteiger partial charge in [0.2, 0.25) is 0 Å². The minimum Gasteiger partial charge on any atom is -0.505 e. The van der Waals surface area contributed by atoms with Gasteiger partial charge in [0.05, 0.1) is 13.1 Å². The van der Waals surface area contributed by atoms with E-state index in [9.17, 15) is 14.4 Å². The van der Waals surface area contributed by atoms with E-state index in [0.717, 1.165) is 36.6 Å². The molecule has 198 valence electrons. The largest absolute Gasteiger partial charge is 0.564 e. The molecular formula is C29H32BNO7. The molecule has 0 fully saturated rings. The van der Waals surface area contributed by atoms with Gasteiger partial charge in [-0.15, -0.1) is 0 Å². The summed E-state index contributed by atoms with van der Waals surface area (Å²) in [5.41, 5.74) is 3.36. The van der Waals surface area contributed by atoms with Gasteiger partial charge in [-0.1, -0.05) is 24.8 Å². The molecule has 0 aliphatic heterocycles. The minimum absolute atomic E-state index is 0.0223. The van der Waals surface area contributed by atoms with Crippen LogP contribution in [-0.4, -0.2) is 63.9 Å². The maximum absolute atomic E-state index is 12.2. The molecule has 38 heavy (non-hydrogen) atoms. The average molecular weight is 517 g/mol.